The molecule has 0 fully saturated rings. The molecule has 2 atom stereocenters. The number of halogens is 1. The second-order valence-corrected chi connectivity index (χ2v) is 8.67. The molecular formula is C23H27FN4O4. The fraction of sp³-hybridized carbons (Fsp3) is 0.391. The zero-order valence-corrected chi connectivity index (χ0v) is 18.3. The highest BCUT2D eigenvalue weighted by Gasteiger charge is 2.29. The highest BCUT2D eigenvalue weighted by molar-refractivity contribution is 5.99. The predicted octanol–water partition coefficient (Wildman–Crippen LogP) is 2.73. The Kier molecular flexibility index (Phi) is 7.07. The van der Waals surface area contributed by atoms with Gasteiger partial charge < -0.3 is 20.7 Å². The summed E-state index contributed by atoms with van der Waals surface area (Å²) in [5.41, 5.74) is 0.445. The summed E-state index contributed by atoms with van der Waals surface area (Å²) in [6.45, 7) is 5.17. The number of amides is 3. The second-order valence-electron chi connectivity index (χ2n) is 8.67. The van der Waals surface area contributed by atoms with Crippen LogP contribution in [0.1, 0.15) is 38.3 Å². The van der Waals surface area contributed by atoms with Gasteiger partial charge in [0.05, 0.1) is 0 Å². The Hall–Kier alpha value is -3.49. The van der Waals surface area contributed by atoms with Gasteiger partial charge in [-0.3, -0.25) is 9.59 Å². The van der Waals surface area contributed by atoms with Gasteiger partial charge in [-0.1, -0.05) is 24.3 Å². The summed E-state index contributed by atoms with van der Waals surface area (Å²) in [5, 5.41) is 8.01. The molecule has 0 saturated heterocycles. The van der Waals surface area contributed by atoms with E-state index < -0.39 is 35.5 Å². The number of carbonyl (C=O) groups excluding carboxylic acids is 3. The second kappa shape index (κ2) is 9.76. The number of rotatable bonds is 6. The molecule has 1 aromatic carbocycles. The lowest BCUT2D eigenvalue weighted by atomic mass is 10.00. The monoisotopic (exact) mass is 442 g/mol. The Morgan fingerprint density at radius 3 is 2.72 bits per heavy atom. The molecule has 0 saturated carbocycles. The van der Waals surface area contributed by atoms with Crippen molar-refractivity contribution >= 4 is 23.7 Å². The molecule has 0 aliphatic carbocycles. The quantitative estimate of drug-likeness (QED) is 0.637. The summed E-state index contributed by atoms with van der Waals surface area (Å²) in [7, 11) is 0. The van der Waals surface area contributed by atoms with E-state index in [9.17, 15) is 18.8 Å². The normalized spacial score (nSPS) is 16.4. The Bertz CT molecular complexity index is 1010. The van der Waals surface area contributed by atoms with Crippen molar-refractivity contribution in [3.63, 3.8) is 0 Å². The molecular weight excluding hydrogens is 415 g/mol. The largest absolute Gasteiger partial charge is 0.444 e. The zero-order valence-electron chi connectivity index (χ0n) is 18.3. The number of aromatic nitrogens is 1. The van der Waals surface area contributed by atoms with Crippen molar-refractivity contribution in [2.24, 2.45) is 0 Å². The summed E-state index contributed by atoms with van der Waals surface area (Å²) >= 11 is 0. The number of nitrogens with one attached hydrogen (secondary N) is 3. The van der Waals surface area contributed by atoms with Gasteiger partial charge in [-0.05, 0) is 50.5 Å². The van der Waals surface area contributed by atoms with E-state index in [0.29, 0.717) is 17.8 Å². The first-order chi connectivity index (χ1) is 15.1. The molecule has 1 aliphatic rings. The van der Waals surface area contributed by atoms with Crippen LogP contribution in [-0.4, -0.2) is 40.6 Å². The lowest BCUT2D eigenvalue weighted by Gasteiger charge is -2.26. The van der Waals surface area contributed by atoms with E-state index >= 15 is 0 Å². The van der Waals surface area contributed by atoms with Crippen LogP contribution in [0.2, 0.25) is 0 Å². The van der Waals surface area contributed by atoms with Crippen LogP contribution in [0.3, 0.4) is 0 Å². The molecule has 0 radical (unpaired) electrons. The minimum absolute atomic E-state index is 0.0863. The van der Waals surface area contributed by atoms with Crippen molar-refractivity contribution in [3.8, 4) is 0 Å². The van der Waals surface area contributed by atoms with E-state index in [1.165, 1.54) is 6.07 Å². The van der Waals surface area contributed by atoms with Gasteiger partial charge in [-0.2, -0.15) is 0 Å². The van der Waals surface area contributed by atoms with Crippen LogP contribution in [0.4, 0.5) is 15.0 Å². The van der Waals surface area contributed by atoms with Gasteiger partial charge in [0.25, 0.3) is 0 Å². The molecule has 2 aromatic rings. The van der Waals surface area contributed by atoms with E-state index in [0.717, 1.165) is 5.56 Å². The summed E-state index contributed by atoms with van der Waals surface area (Å²) in [4.78, 5) is 41.5. The lowest BCUT2D eigenvalue weighted by molar-refractivity contribution is -0.127. The molecule has 0 bridgehead atoms. The molecule has 2 heterocycles. The number of hydrogen-bond donors (Lipinski definition) is 3. The number of carbonyl (C=O) groups is 3. The first-order valence-corrected chi connectivity index (χ1v) is 10.4. The first kappa shape index (κ1) is 23.2. The zero-order chi connectivity index (χ0) is 23.3. The van der Waals surface area contributed by atoms with Crippen LogP contribution in [0.5, 0.6) is 0 Å². The standard InChI is InChI=1S/C23H27FN4O4/c1-23(2,3)32-22(31)26-16(11-14-7-4-5-9-17(14)24)13-19(29)27-18-12-15-8-6-10-25-20(15)28-21(18)30/h4-10,16,18H,11-13H2,1-3H3,(H,26,31)(H,27,29)(H,25,28,30)/t16-,18?/m1/s1. The number of ether oxygens (including phenoxy) is 1. The van der Waals surface area contributed by atoms with E-state index in [-0.39, 0.29) is 18.7 Å². The van der Waals surface area contributed by atoms with Gasteiger partial charge in [0, 0.05) is 25.1 Å². The molecule has 170 valence electrons. The van der Waals surface area contributed by atoms with Crippen molar-refractivity contribution in [2.45, 2.75) is 57.7 Å². The average molecular weight is 442 g/mol. The van der Waals surface area contributed by atoms with Crippen LogP contribution in [-0.2, 0) is 27.2 Å². The summed E-state index contributed by atoms with van der Waals surface area (Å²) in [6.07, 6.45) is 1.11. The number of alkyl carbamates (subject to hydrolysis) is 1. The Morgan fingerprint density at radius 2 is 2.00 bits per heavy atom. The van der Waals surface area contributed by atoms with Crippen molar-refractivity contribution in [2.75, 3.05) is 5.32 Å². The molecule has 0 spiro atoms. The summed E-state index contributed by atoms with van der Waals surface area (Å²) < 4.78 is 19.4. The number of fused-ring (bicyclic) bond motifs is 1. The van der Waals surface area contributed by atoms with Crippen LogP contribution in [0, 0.1) is 5.82 Å². The third-order valence-electron chi connectivity index (χ3n) is 4.79. The predicted molar refractivity (Wildman–Crippen MR) is 116 cm³/mol. The van der Waals surface area contributed by atoms with Crippen LogP contribution in [0.15, 0.2) is 42.6 Å². The molecule has 1 unspecified atom stereocenters. The van der Waals surface area contributed by atoms with Gasteiger partial charge in [0.2, 0.25) is 11.8 Å². The maximum absolute atomic E-state index is 14.2. The van der Waals surface area contributed by atoms with Crippen molar-refractivity contribution in [3.05, 3.63) is 59.5 Å². The Balaban J connectivity index is 1.67. The number of benzene rings is 1. The highest BCUT2D eigenvalue weighted by Crippen LogP contribution is 2.19. The Morgan fingerprint density at radius 1 is 1.25 bits per heavy atom. The van der Waals surface area contributed by atoms with E-state index in [1.807, 2.05) is 6.07 Å². The molecule has 3 rings (SSSR count). The molecule has 3 N–H and O–H groups in total. The fourth-order valence-corrected chi connectivity index (χ4v) is 3.40. The fourth-order valence-electron chi connectivity index (χ4n) is 3.40. The van der Waals surface area contributed by atoms with Gasteiger partial charge in [0.15, 0.2) is 0 Å². The number of nitrogens with zero attached hydrogens (tertiary/aromatic N) is 1. The first-order valence-electron chi connectivity index (χ1n) is 10.4. The highest BCUT2D eigenvalue weighted by atomic mass is 19.1. The van der Waals surface area contributed by atoms with Crippen molar-refractivity contribution in [1.82, 2.24) is 15.6 Å². The van der Waals surface area contributed by atoms with Crippen molar-refractivity contribution in [1.29, 1.82) is 0 Å². The third-order valence-corrected chi connectivity index (χ3v) is 4.79. The van der Waals surface area contributed by atoms with Gasteiger partial charge in [-0.15, -0.1) is 0 Å². The van der Waals surface area contributed by atoms with Crippen LogP contribution in [0.25, 0.3) is 0 Å². The maximum Gasteiger partial charge on any atom is 0.407 e. The molecule has 9 heteroatoms. The van der Waals surface area contributed by atoms with Crippen LogP contribution < -0.4 is 16.0 Å². The van der Waals surface area contributed by atoms with Crippen molar-refractivity contribution < 1.29 is 23.5 Å². The molecule has 32 heavy (non-hydrogen) atoms. The summed E-state index contributed by atoms with van der Waals surface area (Å²) in [5.74, 6) is -0.767. The van der Waals surface area contributed by atoms with Gasteiger partial charge in [-0.25, -0.2) is 14.2 Å². The molecule has 8 nitrogen and oxygen atoms in total. The minimum atomic E-state index is -0.769. The molecule has 3 amide bonds. The number of hydrogen-bond acceptors (Lipinski definition) is 5. The van der Waals surface area contributed by atoms with Gasteiger partial charge in [0.1, 0.15) is 23.3 Å². The smallest absolute Gasteiger partial charge is 0.407 e. The van der Waals surface area contributed by atoms with Crippen LogP contribution >= 0.6 is 0 Å². The molecule has 1 aromatic heterocycles. The number of anilines is 1. The topological polar surface area (TPSA) is 109 Å². The SMILES string of the molecule is CC(C)(C)OC(=O)N[C@@H](CC(=O)NC1Cc2cccnc2NC1=O)Cc1ccccc1F. The maximum atomic E-state index is 14.2. The Labute approximate surface area is 185 Å². The minimum Gasteiger partial charge on any atom is -0.444 e. The van der Waals surface area contributed by atoms with Gasteiger partial charge >= 0.3 is 6.09 Å². The van der Waals surface area contributed by atoms with E-state index in [1.54, 1.807) is 51.2 Å². The summed E-state index contributed by atoms with van der Waals surface area (Å²) in [6, 6.07) is 8.23. The molecule has 1 aliphatic heterocycles. The average Bonchev–Trinajstić information content (AvgIpc) is 2.68. The third kappa shape index (κ3) is 6.50. The van der Waals surface area contributed by atoms with E-state index in [2.05, 4.69) is 20.9 Å². The lowest BCUT2D eigenvalue weighted by Crippen LogP contribution is -2.50. The number of pyridine rings is 1. The van der Waals surface area contributed by atoms with E-state index in [4.69, 9.17) is 4.74 Å².